The van der Waals surface area contributed by atoms with Crippen LogP contribution in [0.15, 0.2) is 24.3 Å². The van der Waals surface area contributed by atoms with Gasteiger partial charge in [-0.15, -0.1) is 0 Å². The van der Waals surface area contributed by atoms with Crippen LogP contribution in [0, 0.1) is 19.3 Å². The summed E-state index contributed by atoms with van der Waals surface area (Å²) in [4.78, 5) is 1.36. The molecule has 0 atom stereocenters. The largest absolute Gasteiger partial charge is 0.386 e. The minimum absolute atomic E-state index is 0.911. The van der Waals surface area contributed by atoms with E-state index in [1.807, 2.05) is 31.3 Å². The molecule has 0 radical (unpaired) electrons. The highest BCUT2D eigenvalue weighted by Gasteiger charge is 2.06. The van der Waals surface area contributed by atoms with E-state index in [-0.39, 0.29) is 0 Å². The fourth-order valence-corrected chi connectivity index (χ4v) is 2.54. The molecule has 0 spiro atoms. The molecule has 1 aromatic heterocycles. The summed E-state index contributed by atoms with van der Waals surface area (Å²) in [6.07, 6.45) is 3.46. The van der Waals surface area contributed by atoms with Gasteiger partial charge in [0.15, 0.2) is 0 Å². The SMILES string of the molecule is CN/C(=C\n1sc(C)c1C)c1cccc(C=N)c1. The van der Waals surface area contributed by atoms with Gasteiger partial charge in [0.1, 0.15) is 0 Å². The van der Waals surface area contributed by atoms with Crippen LogP contribution in [0.25, 0.3) is 11.9 Å². The summed E-state index contributed by atoms with van der Waals surface area (Å²) in [5.41, 5.74) is 4.35. The van der Waals surface area contributed by atoms with Crippen LogP contribution in [0.4, 0.5) is 0 Å². The second-order valence-electron chi connectivity index (χ2n) is 4.12. The highest BCUT2D eigenvalue weighted by molar-refractivity contribution is 7.08. The van der Waals surface area contributed by atoms with Crippen molar-refractivity contribution in [3.8, 4) is 0 Å². The Labute approximate surface area is 111 Å². The fraction of sp³-hybridized carbons (Fsp3) is 0.214. The first kappa shape index (κ1) is 12.6. The lowest BCUT2D eigenvalue weighted by atomic mass is 10.1. The molecule has 4 heteroatoms. The Balaban J connectivity index is 2.37. The molecule has 1 heterocycles. The fourth-order valence-electron chi connectivity index (χ4n) is 1.72. The average molecular weight is 259 g/mol. The van der Waals surface area contributed by atoms with Gasteiger partial charge in [0.25, 0.3) is 0 Å². The van der Waals surface area contributed by atoms with Crippen molar-refractivity contribution >= 4 is 29.6 Å². The van der Waals surface area contributed by atoms with Crippen LogP contribution in [-0.2, 0) is 0 Å². The van der Waals surface area contributed by atoms with Gasteiger partial charge >= 0.3 is 0 Å². The van der Waals surface area contributed by atoms with Crippen molar-refractivity contribution in [1.82, 2.24) is 9.27 Å². The topological polar surface area (TPSA) is 40.8 Å². The van der Waals surface area contributed by atoms with Crippen LogP contribution in [0.2, 0.25) is 0 Å². The zero-order valence-electron chi connectivity index (χ0n) is 10.8. The summed E-state index contributed by atoms with van der Waals surface area (Å²) in [5, 5.41) is 10.5. The molecule has 0 amide bonds. The van der Waals surface area contributed by atoms with Crippen LogP contribution in [0.5, 0.6) is 0 Å². The minimum Gasteiger partial charge on any atom is -0.386 e. The maximum atomic E-state index is 7.30. The van der Waals surface area contributed by atoms with Gasteiger partial charge in [-0.05, 0) is 31.0 Å². The summed E-state index contributed by atoms with van der Waals surface area (Å²) in [5.74, 6) is 0. The summed E-state index contributed by atoms with van der Waals surface area (Å²) in [6.45, 7) is 4.24. The van der Waals surface area contributed by atoms with Crippen molar-refractivity contribution in [2.75, 3.05) is 7.05 Å². The molecule has 2 N–H and O–H groups in total. The molecule has 2 aromatic rings. The zero-order chi connectivity index (χ0) is 13.1. The average Bonchev–Trinajstić information content (AvgIpc) is 2.43. The number of aromatic nitrogens is 1. The van der Waals surface area contributed by atoms with Crippen LogP contribution >= 0.6 is 11.5 Å². The van der Waals surface area contributed by atoms with Crippen LogP contribution in [0.3, 0.4) is 0 Å². The molecule has 18 heavy (non-hydrogen) atoms. The first-order valence-electron chi connectivity index (χ1n) is 5.81. The molecule has 0 unspecified atom stereocenters. The zero-order valence-corrected chi connectivity index (χ0v) is 11.6. The number of hydrogen-bond acceptors (Lipinski definition) is 3. The number of nitrogens with zero attached hydrogens (tertiary/aromatic N) is 1. The molecule has 94 valence electrons. The maximum Gasteiger partial charge on any atom is 0.0590 e. The van der Waals surface area contributed by atoms with E-state index in [1.165, 1.54) is 16.8 Å². The highest BCUT2D eigenvalue weighted by atomic mass is 32.1. The number of benzene rings is 1. The monoisotopic (exact) mass is 259 g/mol. The van der Waals surface area contributed by atoms with Gasteiger partial charge < -0.3 is 10.7 Å². The molecule has 0 aliphatic carbocycles. The first-order chi connectivity index (χ1) is 8.65. The van der Waals surface area contributed by atoms with E-state index in [0.717, 1.165) is 16.8 Å². The third-order valence-electron chi connectivity index (χ3n) is 2.96. The van der Waals surface area contributed by atoms with E-state index in [9.17, 15) is 0 Å². The summed E-state index contributed by atoms with van der Waals surface area (Å²) in [6, 6.07) is 7.95. The summed E-state index contributed by atoms with van der Waals surface area (Å²) < 4.78 is 2.15. The van der Waals surface area contributed by atoms with E-state index in [2.05, 4.69) is 29.3 Å². The van der Waals surface area contributed by atoms with Gasteiger partial charge in [0, 0.05) is 30.0 Å². The minimum atomic E-state index is 0.911. The summed E-state index contributed by atoms with van der Waals surface area (Å²) >= 11 is 1.74. The van der Waals surface area contributed by atoms with E-state index in [4.69, 9.17) is 5.41 Å². The summed E-state index contributed by atoms with van der Waals surface area (Å²) in [7, 11) is 1.92. The van der Waals surface area contributed by atoms with Crippen LogP contribution in [-0.4, -0.2) is 17.2 Å². The molecule has 0 bridgehead atoms. The van der Waals surface area contributed by atoms with Gasteiger partial charge in [-0.3, -0.25) is 3.96 Å². The normalized spacial score (nSPS) is 11.6. The van der Waals surface area contributed by atoms with Gasteiger partial charge in [-0.25, -0.2) is 0 Å². The smallest absolute Gasteiger partial charge is 0.0590 e. The van der Waals surface area contributed by atoms with Crippen LogP contribution < -0.4 is 5.32 Å². The Bertz CT molecular complexity index is 590. The van der Waals surface area contributed by atoms with Crippen molar-refractivity contribution in [2.24, 2.45) is 0 Å². The standard InChI is InChI=1S/C14H17N3S/c1-10-11(2)18-17(10)9-14(16-3)13-6-4-5-12(7-13)8-15/h4-9,15-16H,1-3H3/b14-9-,15-8?. The van der Waals surface area contributed by atoms with Gasteiger partial charge in [0.2, 0.25) is 0 Å². The Morgan fingerprint density at radius 1 is 1.39 bits per heavy atom. The van der Waals surface area contributed by atoms with Gasteiger partial charge in [0.05, 0.1) is 5.70 Å². The Hall–Kier alpha value is -1.81. The first-order valence-corrected chi connectivity index (χ1v) is 6.58. The van der Waals surface area contributed by atoms with Gasteiger partial charge in [-0.2, -0.15) is 0 Å². The molecule has 0 aliphatic heterocycles. The predicted molar refractivity (Wildman–Crippen MR) is 79.3 cm³/mol. The second-order valence-corrected chi connectivity index (χ2v) is 5.31. The molecule has 0 saturated carbocycles. The van der Waals surface area contributed by atoms with E-state index in [0.29, 0.717) is 0 Å². The lowest BCUT2D eigenvalue weighted by molar-refractivity contribution is 1.08. The number of aryl methyl sites for hydroxylation is 1. The quantitative estimate of drug-likeness (QED) is 0.812. The van der Waals surface area contributed by atoms with Crippen molar-refractivity contribution < 1.29 is 0 Å². The highest BCUT2D eigenvalue weighted by Crippen LogP contribution is 2.22. The third kappa shape index (κ3) is 2.38. The number of rotatable bonds is 4. The maximum absolute atomic E-state index is 7.30. The lowest BCUT2D eigenvalue weighted by Crippen LogP contribution is -2.08. The van der Waals surface area contributed by atoms with Crippen molar-refractivity contribution in [1.29, 1.82) is 5.41 Å². The third-order valence-corrected chi connectivity index (χ3v) is 4.10. The number of hydrogen-bond donors (Lipinski definition) is 2. The Morgan fingerprint density at radius 3 is 2.72 bits per heavy atom. The lowest BCUT2D eigenvalue weighted by Gasteiger charge is -2.15. The molecular formula is C14H17N3S. The molecule has 0 fully saturated rings. The molecule has 3 nitrogen and oxygen atoms in total. The molecule has 1 aromatic carbocycles. The second kappa shape index (κ2) is 5.23. The van der Waals surface area contributed by atoms with Crippen molar-refractivity contribution in [2.45, 2.75) is 13.8 Å². The van der Waals surface area contributed by atoms with Gasteiger partial charge in [-0.1, -0.05) is 29.7 Å². The molecule has 2 rings (SSSR count). The predicted octanol–water partition coefficient (Wildman–Crippen LogP) is 3.34. The molecule has 0 saturated heterocycles. The Kier molecular flexibility index (Phi) is 3.67. The van der Waals surface area contributed by atoms with Crippen molar-refractivity contribution in [3.05, 3.63) is 46.0 Å². The number of nitrogens with one attached hydrogen (secondary N) is 2. The van der Waals surface area contributed by atoms with E-state index < -0.39 is 0 Å². The van der Waals surface area contributed by atoms with Crippen molar-refractivity contribution in [3.63, 3.8) is 0 Å². The molecular weight excluding hydrogens is 242 g/mol. The van der Waals surface area contributed by atoms with Crippen LogP contribution in [0.1, 0.15) is 21.7 Å². The van der Waals surface area contributed by atoms with E-state index in [1.54, 1.807) is 11.5 Å². The van der Waals surface area contributed by atoms with E-state index >= 15 is 0 Å². The molecule has 0 aliphatic rings. The Morgan fingerprint density at radius 2 is 2.17 bits per heavy atom.